The van der Waals surface area contributed by atoms with Crippen LogP contribution in [0.1, 0.15) is 6.42 Å². The molecule has 1 aromatic heterocycles. The summed E-state index contributed by atoms with van der Waals surface area (Å²) in [6.45, 7) is 2.66. The highest BCUT2D eigenvalue weighted by molar-refractivity contribution is 5.92. The van der Waals surface area contributed by atoms with Crippen molar-refractivity contribution in [3.8, 4) is 11.5 Å². The largest absolute Gasteiger partial charge is 0.497 e. The van der Waals surface area contributed by atoms with Crippen molar-refractivity contribution in [2.45, 2.75) is 12.5 Å². The Kier molecular flexibility index (Phi) is 5.34. The normalized spacial score (nSPS) is 22.1. The van der Waals surface area contributed by atoms with Crippen LogP contribution in [0.25, 0.3) is 10.9 Å². The van der Waals surface area contributed by atoms with Gasteiger partial charge in [-0.3, -0.25) is 0 Å². The van der Waals surface area contributed by atoms with Gasteiger partial charge in [0.25, 0.3) is 0 Å². The minimum absolute atomic E-state index is 0.328. The quantitative estimate of drug-likeness (QED) is 0.852. The van der Waals surface area contributed by atoms with Gasteiger partial charge < -0.3 is 24.4 Å². The first kappa shape index (κ1) is 18.6. The maximum absolute atomic E-state index is 5.49. The zero-order chi connectivity index (χ0) is 19.5. The van der Waals surface area contributed by atoms with Gasteiger partial charge in [0.1, 0.15) is 17.9 Å². The van der Waals surface area contributed by atoms with Crippen molar-refractivity contribution in [2.75, 3.05) is 45.9 Å². The van der Waals surface area contributed by atoms with Gasteiger partial charge in [0, 0.05) is 43.0 Å². The number of piperazine rings is 1. The Morgan fingerprint density at radius 1 is 1.07 bits per heavy atom. The summed E-state index contributed by atoms with van der Waals surface area (Å²) in [6.07, 6.45) is 9.06. The van der Waals surface area contributed by atoms with Crippen LogP contribution in [0.4, 0.5) is 5.82 Å². The van der Waals surface area contributed by atoms with Crippen molar-refractivity contribution >= 4 is 16.7 Å². The van der Waals surface area contributed by atoms with E-state index < -0.39 is 0 Å². The Bertz CT molecular complexity index is 912. The van der Waals surface area contributed by atoms with E-state index in [0.29, 0.717) is 23.5 Å². The summed E-state index contributed by atoms with van der Waals surface area (Å²) in [5.74, 6) is 3.61. The van der Waals surface area contributed by atoms with Crippen LogP contribution in [0, 0.1) is 5.92 Å². The predicted octanol–water partition coefficient (Wildman–Crippen LogP) is 2.53. The van der Waals surface area contributed by atoms with E-state index in [1.54, 1.807) is 27.7 Å². The maximum atomic E-state index is 5.49. The molecule has 1 aliphatic heterocycles. The van der Waals surface area contributed by atoms with Crippen LogP contribution in [-0.2, 0) is 4.74 Å². The summed E-state index contributed by atoms with van der Waals surface area (Å²) in [5, 5.41) is 4.63. The molecule has 28 heavy (non-hydrogen) atoms. The fourth-order valence-electron chi connectivity index (χ4n) is 3.97. The summed E-state index contributed by atoms with van der Waals surface area (Å²) in [6, 6.07) is 4.19. The van der Waals surface area contributed by atoms with Crippen molar-refractivity contribution < 1.29 is 14.2 Å². The zero-order valence-electron chi connectivity index (χ0n) is 16.5. The molecule has 1 unspecified atom stereocenters. The van der Waals surface area contributed by atoms with Crippen LogP contribution in [0.2, 0.25) is 0 Å². The van der Waals surface area contributed by atoms with E-state index in [1.165, 1.54) is 0 Å². The molecule has 0 radical (unpaired) electrons. The van der Waals surface area contributed by atoms with E-state index in [9.17, 15) is 0 Å². The minimum atomic E-state index is 0.328. The predicted molar refractivity (Wildman–Crippen MR) is 109 cm³/mol. The van der Waals surface area contributed by atoms with Gasteiger partial charge in [0.05, 0.1) is 26.8 Å². The summed E-state index contributed by atoms with van der Waals surface area (Å²) in [7, 11) is 4.99. The third-order valence-corrected chi connectivity index (χ3v) is 5.45. The molecule has 1 aliphatic carbocycles. The number of allylic oxidation sites excluding steroid dienone is 2. The summed E-state index contributed by atoms with van der Waals surface area (Å²) < 4.78 is 16.3. The third-order valence-electron chi connectivity index (χ3n) is 5.45. The van der Waals surface area contributed by atoms with Crippen LogP contribution < -0.4 is 19.7 Å². The molecule has 1 saturated heterocycles. The van der Waals surface area contributed by atoms with E-state index in [-0.39, 0.29) is 0 Å². The first-order valence-electron chi connectivity index (χ1n) is 9.51. The molecule has 4 rings (SSSR count). The van der Waals surface area contributed by atoms with Crippen molar-refractivity contribution in [3.63, 3.8) is 0 Å². The first-order chi connectivity index (χ1) is 13.7. The Morgan fingerprint density at radius 3 is 2.68 bits per heavy atom. The molecule has 1 N–H and O–H groups in total. The minimum Gasteiger partial charge on any atom is -0.497 e. The van der Waals surface area contributed by atoms with Crippen LogP contribution in [0.3, 0.4) is 0 Å². The number of rotatable bonds is 5. The molecule has 2 aliphatic rings. The van der Waals surface area contributed by atoms with Crippen LogP contribution in [0.5, 0.6) is 11.5 Å². The first-order valence-corrected chi connectivity index (χ1v) is 9.51. The van der Waals surface area contributed by atoms with Gasteiger partial charge in [-0.15, -0.1) is 0 Å². The molecule has 2 heterocycles. The van der Waals surface area contributed by atoms with Gasteiger partial charge in [-0.1, -0.05) is 6.08 Å². The number of hydrogen-bond acceptors (Lipinski definition) is 7. The lowest BCUT2D eigenvalue weighted by Crippen LogP contribution is -2.54. The van der Waals surface area contributed by atoms with Gasteiger partial charge in [-0.05, 0) is 24.6 Å². The average Bonchev–Trinajstić information content (AvgIpc) is 2.77. The number of ether oxygens (including phenoxy) is 3. The molecule has 1 aromatic carbocycles. The second-order valence-electron chi connectivity index (χ2n) is 7.00. The molecule has 0 spiro atoms. The van der Waals surface area contributed by atoms with Crippen LogP contribution in [0.15, 0.2) is 42.4 Å². The summed E-state index contributed by atoms with van der Waals surface area (Å²) >= 11 is 0. The molecule has 0 amide bonds. The third kappa shape index (κ3) is 3.49. The fraction of sp³-hybridized carbons (Fsp3) is 0.429. The highest BCUT2D eigenvalue weighted by Gasteiger charge is 2.28. The van der Waals surface area contributed by atoms with Crippen LogP contribution in [-0.4, -0.2) is 57.0 Å². The monoisotopic (exact) mass is 382 g/mol. The van der Waals surface area contributed by atoms with Gasteiger partial charge in [-0.2, -0.15) is 0 Å². The molecule has 0 saturated carbocycles. The summed E-state index contributed by atoms with van der Waals surface area (Å²) in [5.41, 5.74) is 0.847. The Morgan fingerprint density at radius 2 is 1.89 bits per heavy atom. The number of aromatic nitrogens is 2. The highest BCUT2D eigenvalue weighted by atomic mass is 16.5. The molecule has 2 atom stereocenters. The molecule has 0 bridgehead atoms. The summed E-state index contributed by atoms with van der Waals surface area (Å²) in [4.78, 5) is 11.4. The number of benzene rings is 1. The number of fused-ring (bicyclic) bond motifs is 1. The van der Waals surface area contributed by atoms with Gasteiger partial charge in [-0.25, -0.2) is 9.97 Å². The number of anilines is 1. The van der Waals surface area contributed by atoms with Gasteiger partial charge in [0.15, 0.2) is 11.5 Å². The van der Waals surface area contributed by atoms with Crippen molar-refractivity contribution in [3.05, 3.63) is 42.4 Å². The number of nitrogens with zero attached hydrogens (tertiary/aromatic N) is 3. The lowest BCUT2D eigenvalue weighted by molar-refractivity contribution is 0.290. The lowest BCUT2D eigenvalue weighted by atomic mass is 9.90. The van der Waals surface area contributed by atoms with Gasteiger partial charge >= 0.3 is 0 Å². The van der Waals surface area contributed by atoms with E-state index in [2.05, 4.69) is 32.3 Å². The van der Waals surface area contributed by atoms with Crippen LogP contribution >= 0.6 is 0 Å². The molecule has 148 valence electrons. The van der Waals surface area contributed by atoms with Crippen molar-refractivity contribution in [2.24, 2.45) is 5.92 Å². The molecule has 2 aromatic rings. The molecular formula is C21H26N4O3. The number of nitrogens with one attached hydrogen (secondary N) is 1. The van der Waals surface area contributed by atoms with E-state index in [4.69, 9.17) is 14.2 Å². The average molecular weight is 382 g/mol. The topological polar surface area (TPSA) is 68.7 Å². The standard InChI is InChI=1S/C21H26N4O3/c1-26-15-6-4-5-14(9-15)18-12-25(8-7-22-18)21-16-10-19(27-2)20(28-3)11-17(16)23-13-24-21/h4,6,9-11,13-14,18,22H,5,7-8,12H2,1-3H3/t14?,18-/m1/s1. The van der Waals surface area contributed by atoms with Crippen molar-refractivity contribution in [1.29, 1.82) is 0 Å². The Labute approximate surface area is 165 Å². The number of methoxy groups -OCH3 is 3. The van der Waals surface area contributed by atoms with Gasteiger partial charge in [0.2, 0.25) is 0 Å². The van der Waals surface area contributed by atoms with E-state index in [0.717, 1.165) is 48.5 Å². The Balaban J connectivity index is 1.64. The maximum Gasteiger partial charge on any atom is 0.162 e. The zero-order valence-corrected chi connectivity index (χ0v) is 16.5. The number of hydrogen-bond donors (Lipinski definition) is 1. The van der Waals surface area contributed by atoms with E-state index >= 15 is 0 Å². The smallest absolute Gasteiger partial charge is 0.162 e. The molecule has 1 fully saturated rings. The second kappa shape index (κ2) is 8.06. The Hall–Kier alpha value is -2.80. The lowest BCUT2D eigenvalue weighted by Gasteiger charge is -2.38. The second-order valence-corrected chi connectivity index (χ2v) is 7.00. The molecule has 7 heteroatoms. The fourth-order valence-corrected chi connectivity index (χ4v) is 3.97. The van der Waals surface area contributed by atoms with Crippen molar-refractivity contribution in [1.82, 2.24) is 15.3 Å². The SMILES string of the molecule is COC1=CC([C@H]2CN(c3ncnc4cc(OC)c(OC)cc34)CCN2)CC=C1. The highest BCUT2D eigenvalue weighted by Crippen LogP contribution is 2.35. The molecule has 7 nitrogen and oxygen atoms in total. The molecular weight excluding hydrogens is 356 g/mol. The van der Waals surface area contributed by atoms with E-state index in [1.807, 2.05) is 18.2 Å².